The highest BCUT2D eigenvalue weighted by Crippen LogP contribution is 2.46. The third-order valence-corrected chi connectivity index (χ3v) is 4.57. The summed E-state index contributed by atoms with van der Waals surface area (Å²) in [5.74, 6) is -0.0237. The van der Waals surface area contributed by atoms with E-state index in [-0.39, 0.29) is 10.1 Å². The van der Waals surface area contributed by atoms with Crippen LogP contribution in [0, 0.1) is 0 Å². The average Bonchev–Trinajstić information content (AvgIpc) is 2.65. The van der Waals surface area contributed by atoms with Gasteiger partial charge in [-0.15, -0.1) is 11.8 Å². The third-order valence-electron chi connectivity index (χ3n) is 3.08. The number of carbonyl (C=O) groups is 1. The van der Waals surface area contributed by atoms with E-state index in [1.165, 1.54) is 0 Å². The van der Waals surface area contributed by atoms with Gasteiger partial charge >= 0.3 is 5.97 Å². The Kier molecular flexibility index (Phi) is 3.54. The molecule has 1 aromatic rings. The summed E-state index contributed by atoms with van der Waals surface area (Å²) in [6.45, 7) is 3.90. The maximum atomic E-state index is 11.2. The summed E-state index contributed by atoms with van der Waals surface area (Å²) in [5, 5.41) is 12.4. The van der Waals surface area contributed by atoms with Gasteiger partial charge in [0.15, 0.2) is 0 Å². The van der Waals surface area contributed by atoms with E-state index < -0.39 is 12.0 Å². The molecule has 1 saturated heterocycles. The SMILES string of the molecule is COc1cccc(C2N[C@@H](C(=O)O)C(C)(C)S2)c1. The smallest absolute Gasteiger partial charge is 0.322 e. The number of aliphatic carboxylic acids is 1. The first kappa shape index (κ1) is 13.2. The second-order valence-electron chi connectivity index (χ2n) is 4.82. The molecule has 4 nitrogen and oxygen atoms in total. The second kappa shape index (κ2) is 4.82. The number of nitrogens with one attached hydrogen (secondary N) is 1. The van der Waals surface area contributed by atoms with Crippen LogP contribution in [0.3, 0.4) is 0 Å². The summed E-state index contributed by atoms with van der Waals surface area (Å²) >= 11 is 1.63. The summed E-state index contributed by atoms with van der Waals surface area (Å²) in [6, 6.07) is 7.16. The van der Waals surface area contributed by atoms with Crippen LogP contribution in [0.15, 0.2) is 24.3 Å². The van der Waals surface area contributed by atoms with Crippen LogP contribution in [0.1, 0.15) is 24.8 Å². The fourth-order valence-corrected chi connectivity index (χ4v) is 3.49. The first-order chi connectivity index (χ1) is 8.44. The maximum absolute atomic E-state index is 11.2. The lowest BCUT2D eigenvalue weighted by Crippen LogP contribution is -2.43. The second-order valence-corrected chi connectivity index (χ2v) is 6.58. The topological polar surface area (TPSA) is 58.6 Å². The van der Waals surface area contributed by atoms with Crippen LogP contribution in [0.2, 0.25) is 0 Å². The molecule has 1 heterocycles. The van der Waals surface area contributed by atoms with Crippen molar-refractivity contribution < 1.29 is 14.6 Å². The molecule has 18 heavy (non-hydrogen) atoms. The fraction of sp³-hybridized carbons (Fsp3) is 0.462. The van der Waals surface area contributed by atoms with Crippen molar-refractivity contribution in [3.05, 3.63) is 29.8 Å². The number of ether oxygens (including phenoxy) is 1. The minimum Gasteiger partial charge on any atom is -0.497 e. The lowest BCUT2D eigenvalue weighted by Gasteiger charge is -2.20. The molecule has 0 saturated carbocycles. The number of hydrogen-bond donors (Lipinski definition) is 2. The van der Waals surface area contributed by atoms with Gasteiger partial charge in [-0.1, -0.05) is 12.1 Å². The molecule has 0 spiro atoms. The van der Waals surface area contributed by atoms with Crippen molar-refractivity contribution in [2.75, 3.05) is 7.11 Å². The Morgan fingerprint density at radius 3 is 2.78 bits per heavy atom. The maximum Gasteiger partial charge on any atom is 0.322 e. The molecule has 2 N–H and O–H groups in total. The molecule has 1 aliphatic heterocycles. The molecule has 0 amide bonds. The quantitative estimate of drug-likeness (QED) is 0.879. The van der Waals surface area contributed by atoms with E-state index in [1.807, 2.05) is 38.1 Å². The number of carboxylic acids is 1. The normalized spacial score (nSPS) is 25.9. The molecule has 1 unspecified atom stereocenters. The third kappa shape index (κ3) is 2.47. The lowest BCUT2D eigenvalue weighted by atomic mass is 10.0. The molecular weight excluding hydrogens is 250 g/mol. The molecule has 1 aromatic carbocycles. The molecule has 0 radical (unpaired) electrons. The summed E-state index contributed by atoms with van der Waals surface area (Å²) in [7, 11) is 1.62. The van der Waals surface area contributed by atoms with Gasteiger partial charge in [-0.25, -0.2) is 0 Å². The summed E-state index contributed by atoms with van der Waals surface area (Å²) in [4.78, 5) is 11.2. The first-order valence-corrected chi connectivity index (χ1v) is 6.62. The van der Waals surface area contributed by atoms with Gasteiger partial charge in [0.25, 0.3) is 0 Å². The van der Waals surface area contributed by atoms with Gasteiger partial charge in [-0.05, 0) is 31.5 Å². The average molecular weight is 267 g/mol. The minimum absolute atomic E-state index is 0.0174. The van der Waals surface area contributed by atoms with Crippen molar-refractivity contribution in [3.8, 4) is 5.75 Å². The van der Waals surface area contributed by atoms with Crippen molar-refractivity contribution in [3.63, 3.8) is 0 Å². The van der Waals surface area contributed by atoms with Gasteiger partial charge in [0.1, 0.15) is 11.8 Å². The van der Waals surface area contributed by atoms with E-state index in [0.29, 0.717) is 0 Å². The molecule has 2 atom stereocenters. The molecule has 2 rings (SSSR count). The van der Waals surface area contributed by atoms with Crippen molar-refractivity contribution in [1.29, 1.82) is 0 Å². The summed E-state index contributed by atoms with van der Waals surface area (Å²) < 4.78 is 4.85. The molecule has 0 aromatic heterocycles. The van der Waals surface area contributed by atoms with Gasteiger partial charge in [-0.2, -0.15) is 0 Å². The highest BCUT2D eigenvalue weighted by Gasteiger charge is 2.45. The fourth-order valence-electron chi connectivity index (χ4n) is 2.10. The van der Waals surface area contributed by atoms with Gasteiger partial charge in [0.05, 0.1) is 12.5 Å². The van der Waals surface area contributed by atoms with Crippen LogP contribution < -0.4 is 10.1 Å². The van der Waals surface area contributed by atoms with Crippen LogP contribution in [0.5, 0.6) is 5.75 Å². The van der Waals surface area contributed by atoms with Gasteiger partial charge in [0, 0.05) is 4.75 Å². The number of rotatable bonds is 3. The van der Waals surface area contributed by atoms with Crippen LogP contribution in [-0.2, 0) is 4.79 Å². The van der Waals surface area contributed by atoms with Crippen molar-refractivity contribution in [2.24, 2.45) is 0 Å². The monoisotopic (exact) mass is 267 g/mol. The molecule has 98 valence electrons. The van der Waals surface area contributed by atoms with E-state index in [4.69, 9.17) is 4.74 Å². The number of carboxylic acid groups (broad SMARTS) is 1. The van der Waals surface area contributed by atoms with Crippen molar-refractivity contribution in [2.45, 2.75) is 30.0 Å². The molecule has 0 bridgehead atoms. The standard InChI is InChI=1S/C13H17NO3S/c1-13(2)10(12(15)16)14-11(18-13)8-5-4-6-9(7-8)17-3/h4-7,10-11,14H,1-3H3,(H,15,16)/t10-,11?/m0/s1. The van der Waals surface area contributed by atoms with Crippen LogP contribution in [0.25, 0.3) is 0 Å². The molecule has 1 fully saturated rings. The number of hydrogen-bond acceptors (Lipinski definition) is 4. The Labute approximate surface area is 111 Å². The Bertz CT molecular complexity index is 461. The molecular formula is C13H17NO3S. The molecule has 5 heteroatoms. The largest absolute Gasteiger partial charge is 0.497 e. The van der Waals surface area contributed by atoms with Crippen LogP contribution >= 0.6 is 11.8 Å². The molecule has 1 aliphatic rings. The number of thioether (sulfide) groups is 1. The number of methoxy groups -OCH3 is 1. The van der Waals surface area contributed by atoms with E-state index in [1.54, 1.807) is 18.9 Å². The lowest BCUT2D eigenvalue weighted by molar-refractivity contribution is -0.139. The Hall–Kier alpha value is -1.20. The van der Waals surface area contributed by atoms with E-state index in [2.05, 4.69) is 5.32 Å². The van der Waals surface area contributed by atoms with E-state index >= 15 is 0 Å². The zero-order valence-electron chi connectivity index (χ0n) is 10.6. The Balaban J connectivity index is 2.23. The van der Waals surface area contributed by atoms with Crippen LogP contribution in [0.4, 0.5) is 0 Å². The summed E-state index contributed by atoms with van der Waals surface area (Å²) in [5.41, 5.74) is 1.04. The van der Waals surface area contributed by atoms with Gasteiger partial charge in [-0.3, -0.25) is 10.1 Å². The predicted molar refractivity (Wildman–Crippen MR) is 72.0 cm³/mol. The van der Waals surface area contributed by atoms with E-state index in [9.17, 15) is 9.90 Å². The molecule has 0 aliphatic carbocycles. The number of benzene rings is 1. The predicted octanol–water partition coefficient (Wildman–Crippen LogP) is 2.26. The van der Waals surface area contributed by atoms with E-state index in [0.717, 1.165) is 11.3 Å². The Morgan fingerprint density at radius 2 is 2.22 bits per heavy atom. The van der Waals surface area contributed by atoms with Crippen molar-refractivity contribution in [1.82, 2.24) is 5.32 Å². The zero-order valence-corrected chi connectivity index (χ0v) is 11.5. The highest BCUT2D eigenvalue weighted by atomic mass is 32.2. The summed E-state index contributed by atoms with van der Waals surface area (Å²) in [6.07, 6.45) is 0. The first-order valence-electron chi connectivity index (χ1n) is 5.74. The van der Waals surface area contributed by atoms with Crippen LogP contribution in [-0.4, -0.2) is 29.0 Å². The minimum atomic E-state index is -0.808. The van der Waals surface area contributed by atoms with Gasteiger partial charge in [0.2, 0.25) is 0 Å². The zero-order chi connectivity index (χ0) is 13.3. The Morgan fingerprint density at radius 1 is 1.50 bits per heavy atom. The highest BCUT2D eigenvalue weighted by molar-refractivity contribution is 8.01. The van der Waals surface area contributed by atoms with Gasteiger partial charge < -0.3 is 9.84 Å². The van der Waals surface area contributed by atoms with Crippen molar-refractivity contribution >= 4 is 17.7 Å².